The van der Waals surface area contributed by atoms with E-state index in [2.05, 4.69) is 0 Å². The van der Waals surface area contributed by atoms with E-state index in [-0.39, 0.29) is 4.90 Å². The van der Waals surface area contributed by atoms with Crippen molar-refractivity contribution in [2.24, 2.45) is 5.14 Å². The van der Waals surface area contributed by atoms with Gasteiger partial charge in [-0.25, -0.2) is 13.6 Å². The lowest BCUT2D eigenvalue weighted by molar-refractivity contribution is 0.0691. The smallest absolute Gasteiger partial charge is 0.338 e. The molecule has 0 amide bonds. The van der Waals surface area contributed by atoms with Crippen LogP contribution in [0.1, 0.15) is 10.4 Å². The minimum atomic E-state index is -1.45. The Bertz CT molecular complexity index is 357. The number of carbonyl (C=O) groups is 1. The van der Waals surface area contributed by atoms with Crippen LogP contribution in [0.3, 0.4) is 0 Å². The summed E-state index contributed by atoms with van der Waals surface area (Å²) in [5.41, 5.74) is -0.589. The van der Waals surface area contributed by atoms with Crippen LogP contribution in [0.25, 0.3) is 0 Å². The maximum atomic E-state index is 12.8. The molecule has 0 aliphatic rings. The molecule has 0 saturated carbocycles. The van der Waals surface area contributed by atoms with E-state index in [0.717, 1.165) is 6.07 Å². The third-order valence-electron chi connectivity index (χ3n) is 1.38. The number of carboxylic acids is 1. The van der Waals surface area contributed by atoms with Crippen LogP contribution >= 0.6 is 11.9 Å². The number of benzene rings is 1. The highest BCUT2D eigenvalue weighted by molar-refractivity contribution is 7.97. The van der Waals surface area contributed by atoms with Gasteiger partial charge in [-0.05, 0) is 18.0 Å². The van der Waals surface area contributed by atoms with Crippen LogP contribution in [-0.2, 0) is 0 Å². The standard InChI is InChI=1S/C7H5F2NO2S/c8-4-2-5(9)6(13-10)1-3(4)7(11)12/h1-2H,10H2,(H,11,12). The van der Waals surface area contributed by atoms with Crippen molar-refractivity contribution in [3.05, 3.63) is 29.3 Å². The Hall–Kier alpha value is -1.14. The lowest BCUT2D eigenvalue weighted by Gasteiger charge is -2.01. The van der Waals surface area contributed by atoms with E-state index < -0.39 is 23.2 Å². The molecule has 0 fully saturated rings. The van der Waals surface area contributed by atoms with Gasteiger partial charge in [0.05, 0.1) is 10.5 Å². The summed E-state index contributed by atoms with van der Waals surface area (Å²) in [6.07, 6.45) is 0. The quantitative estimate of drug-likeness (QED) is 0.720. The van der Waals surface area contributed by atoms with Gasteiger partial charge in [-0.3, -0.25) is 5.14 Å². The first-order chi connectivity index (χ1) is 6.06. The molecule has 0 aliphatic heterocycles. The number of hydrogen-bond acceptors (Lipinski definition) is 3. The van der Waals surface area contributed by atoms with Crippen LogP contribution in [0.15, 0.2) is 17.0 Å². The van der Waals surface area contributed by atoms with E-state index in [1.54, 1.807) is 0 Å². The summed E-state index contributed by atoms with van der Waals surface area (Å²) >= 11 is 0.531. The highest BCUT2D eigenvalue weighted by Gasteiger charge is 2.14. The molecular weight excluding hydrogens is 200 g/mol. The van der Waals surface area contributed by atoms with Crippen molar-refractivity contribution in [2.75, 3.05) is 0 Å². The second-order valence-electron chi connectivity index (χ2n) is 2.19. The van der Waals surface area contributed by atoms with Gasteiger partial charge in [0.15, 0.2) is 0 Å². The Labute approximate surface area is 76.7 Å². The van der Waals surface area contributed by atoms with Crippen molar-refractivity contribution >= 4 is 17.9 Å². The molecule has 0 aliphatic carbocycles. The van der Waals surface area contributed by atoms with Gasteiger partial charge in [-0.1, -0.05) is 0 Å². The molecule has 1 rings (SSSR count). The molecule has 0 aromatic heterocycles. The Morgan fingerprint density at radius 2 is 2.00 bits per heavy atom. The monoisotopic (exact) mass is 205 g/mol. The van der Waals surface area contributed by atoms with Crippen LogP contribution < -0.4 is 5.14 Å². The van der Waals surface area contributed by atoms with Crippen molar-refractivity contribution < 1.29 is 18.7 Å². The third-order valence-corrected chi connectivity index (χ3v) is 1.95. The molecule has 70 valence electrons. The number of aromatic carboxylic acids is 1. The highest BCUT2D eigenvalue weighted by atomic mass is 32.2. The summed E-state index contributed by atoms with van der Waals surface area (Å²) in [5.74, 6) is -3.43. The third kappa shape index (κ3) is 1.96. The zero-order valence-electron chi connectivity index (χ0n) is 6.25. The lowest BCUT2D eigenvalue weighted by Crippen LogP contribution is -2.02. The number of rotatable bonds is 2. The Morgan fingerprint density at radius 3 is 2.46 bits per heavy atom. The molecule has 0 heterocycles. The molecule has 0 spiro atoms. The van der Waals surface area contributed by atoms with E-state index in [1.807, 2.05) is 0 Å². The Kier molecular flexibility index (Phi) is 2.84. The normalized spacial score (nSPS) is 10.1. The molecule has 3 N–H and O–H groups in total. The fraction of sp³-hybridized carbons (Fsp3) is 0. The van der Waals surface area contributed by atoms with Crippen molar-refractivity contribution in [1.29, 1.82) is 0 Å². The molecule has 0 bridgehead atoms. The number of nitrogens with two attached hydrogens (primary N) is 1. The van der Waals surface area contributed by atoms with Gasteiger partial charge in [0, 0.05) is 6.07 Å². The minimum Gasteiger partial charge on any atom is -0.478 e. The predicted molar refractivity (Wildman–Crippen MR) is 43.4 cm³/mol. The molecule has 0 radical (unpaired) electrons. The lowest BCUT2D eigenvalue weighted by atomic mass is 10.2. The minimum absolute atomic E-state index is 0.0983. The van der Waals surface area contributed by atoms with Gasteiger partial charge in [0.2, 0.25) is 0 Å². The number of hydrogen-bond donors (Lipinski definition) is 2. The predicted octanol–water partition coefficient (Wildman–Crippen LogP) is 1.63. The molecule has 1 aromatic carbocycles. The number of halogens is 2. The summed E-state index contributed by atoms with van der Waals surface area (Å²) < 4.78 is 25.5. The molecular formula is C7H5F2NO2S. The highest BCUT2D eigenvalue weighted by Crippen LogP contribution is 2.21. The average Bonchev–Trinajstić information content (AvgIpc) is 2.03. The fourth-order valence-electron chi connectivity index (χ4n) is 0.783. The van der Waals surface area contributed by atoms with Gasteiger partial charge in [-0.15, -0.1) is 0 Å². The summed E-state index contributed by atoms with van der Waals surface area (Å²) in [5, 5.41) is 13.5. The summed E-state index contributed by atoms with van der Waals surface area (Å²) in [6.45, 7) is 0. The molecule has 3 nitrogen and oxygen atoms in total. The first-order valence-corrected chi connectivity index (χ1v) is 4.03. The van der Waals surface area contributed by atoms with Crippen LogP contribution in [0.2, 0.25) is 0 Å². The van der Waals surface area contributed by atoms with E-state index in [9.17, 15) is 13.6 Å². The zero-order valence-corrected chi connectivity index (χ0v) is 7.07. The van der Waals surface area contributed by atoms with Crippen molar-refractivity contribution in [3.63, 3.8) is 0 Å². The summed E-state index contributed by atoms with van der Waals surface area (Å²) in [6, 6.07) is 1.36. The van der Waals surface area contributed by atoms with E-state index in [1.165, 1.54) is 0 Å². The van der Waals surface area contributed by atoms with Gasteiger partial charge >= 0.3 is 5.97 Å². The first kappa shape index (κ1) is 9.94. The van der Waals surface area contributed by atoms with Crippen molar-refractivity contribution in [2.45, 2.75) is 4.90 Å². The van der Waals surface area contributed by atoms with Gasteiger partial charge in [0.1, 0.15) is 11.6 Å². The van der Waals surface area contributed by atoms with E-state index in [0.29, 0.717) is 18.0 Å². The van der Waals surface area contributed by atoms with Crippen LogP contribution in [-0.4, -0.2) is 11.1 Å². The maximum Gasteiger partial charge on any atom is 0.338 e. The van der Waals surface area contributed by atoms with Crippen LogP contribution in [0.5, 0.6) is 0 Å². The van der Waals surface area contributed by atoms with Gasteiger partial charge in [0.25, 0.3) is 0 Å². The first-order valence-electron chi connectivity index (χ1n) is 3.15. The zero-order chi connectivity index (χ0) is 10.0. The summed E-state index contributed by atoms with van der Waals surface area (Å²) in [7, 11) is 0. The maximum absolute atomic E-state index is 12.8. The second kappa shape index (κ2) is 3.71. The number of carboxylic acid groups (broad SMARTS) is 1. The molecule has 6 heteroatoms. The molecule has 0 saturated heterocycles. The Morgan fingerprint density at radius 1 is 1.38 bits per heavy atom. The Balaban J connectivity index is 3.30. The van der Waals surface area contributed by atoms with Crippen LogP contribution in [0.4, 0.5) is 8.78 Å². The SMILES string of the molecule is NSc1cc(C(=O)O)c(F)cc1F. The molecule has 0 atom stereocenters. The fourth-order valence-corrected chi connectivity index (χ4v) is 1.14. The molecule has 0 unspecified atom stereocenters. The van der Waals surface area contributed by atoms with Gasteiger partial charge in [-0.2, -0.15) is 0 Å². The van der Waals surface area contributed by atoms with Crippen molar-refractivity contribution in [3.8, 4) is 0 Å². The van der Waals surface area contributed by atoms with E-state index in [4.69, 9.17) is 10.2 Å². The topological polar surface area (TPSA) is 63.3 Å². The molecule has 1 aromatic rings. The van der Waals surface area contributed by atoms with Crippen molar-refractivity contribution in [1.82, 2.24) is 0 Å². The largest absolute Gasteiger partial charge is 0.478 e. The average molecular weight is 205 g/mol. The molecule has 13 heavy (non-hydrogen) atoms. The van der Waals surface area contributed by atoms with E-state index >= 15 is 0 Å². The van der Waals surface area contributed by atoms with Crippen LogP contribution in [0, 0.1) is 11.6 Å². The summed E-state index contributed by atoms with van der Waals surface area (Å²) in [4.78, 5) is 10.3. The second-order valence-corrected chi connectivity index (χ2v) is 2.86. The van der Waals surface area contributed by atoms with Gasteiger partial charge < -0.3 is 5.11 Å².